The minimum Gasteiger partial charge on any atom is -0.308 e. The molecule has 0 unspecified atom stereocenters. The summed E-state index contributed by atoms with van der Waals surface area (Å²) in [5, 5.41) is 3.25. The van der Waals surface area contributed by atoms with E-state index in [0.29, 0.717) is 0 Å². The van der Waals surface area contributed by atoms with Crippen molar-refractivity contribution in [1.82, 2.24) is 4.57 Å². The van der Waals surface area contributed by atoms with E-state index in [1.54, 1.807) is 0 Å². The molecule has 0 spiro atoms. The number of hydrogen-bond donors (Lipinski definition) is 0. The lowest BCUT2D eigenvalue weighted by atomic mass is 9.82. The molecule has 2 heteroatoms. The summed E-state index contributed by atoms with van der Waals surface area (Å²) < 4.78 is 2.32. The molecular weight excluding hydrogens is 581 g/mol. The van der Waals surface area contributed by atoms with Gasteiger partial charge in [0.1, 0.15) is 0 Å². The normalized spacial score (nSPS) is 13.6. The van der Waals surface area contributed by atoms with Gasteiger partial charge >= 0.3 is 0 Å². The van der Waals surface area contributed by atoms with E-state index in [9.17, 15) is 0 Å². The van der Waals surface area contributed by atoms with Crippen LogP contribution in [0.3, 0.4) is 0 Å². The third-order valence-electron chi connectivity index (χ3n) is 9.88. The minimum absolute atomic E-state index is 0.115. The number of fused-ring (bicyclic) bond motifs is 4. The standard InChI is InChI=1S/C46H38N2/c1-5-6-20-38-32(2)47(35-18-11-8-12-19-35)45-41(38)22-15-24-44(45)48(36-27-25-34(26-28-36)33-16-9-7-10-17-33)37-29-30-40-39-21-13-14-23-42(39)46(3,4)43(40)31-37/h5-31H,2H2,1,3-4H3/b6-5-,38-20+. The van der Waals surface area contributed by atoms with Crippen LogP contribution in [-0.2, 0) is 5.41 Å². The number of para-hydroxylation sites is 2. The van der Waals surface area contributed by atoms with E-state index < -0.39 is 0 Å². The fourth-order valence-corrected chi connectivity index (χ4v) is 7.51. The predicted molar refractivity (Wildman–Crippen MR) is 205 cm³/mol. The Morgan fingerprint density at radius 3 is 2.02 bits per heavy atom. The van der Waals surface area contributed by atoms with Gasteiger partial charge in [0.25, 0.3) is 0 Å². The van der Waals surface area contributed by atoms with Crippen LogP contribution in [0.15, 0.2) is 158 Å². The van der Waals surface area contributed by atoms with Crippen molar-refractivity contribution >= 4 is 40.6 Å². The molecule has 8 rings (SSSR count). The van der Waals surface area contributed by atoms with E-state index in [0.717, 1.165) is 38.8 Å². The number of benzene rings is 6. The summed E-state index contributed by atoms with van der Waals surface area (Å²) in [5.41, 5.74) is 13.2. The molecule has 0 fully saturated rings. The summed E-state index contributed by atoms with van der Waals surface area (Å²) in [6, 6.07) is 52.7. The van der Waals surface area contributed by atoms with Crippen LogP contribution < -0.4 is 15.5 Å². The molecule has 0 radical (unpaired) electrons. The van der Waals surface area contributed by atoms with Gasteiger partial charge < -0.3 is 9.47 Å². The minimum atomic E-state index is -0.115. The first kappa shape index (κ1) is 29.5. The van der Waals surface area contributed by atoms with Crippen molar-refractivity contribution in [2.75, 3.05) is 4.90 Å². The Hall–Kier alpha value is -5.86. The average molecular weight is 619 g/mol. The molecule has 7 aromatic rings. The van der Waals surface area contributed by atoms with Crippen LogP contribution in [0.4, 0.5) is 17.1 Å². The second-order valence-corrected chi connectivity index (χ2v) is 13.0. The molecule has 0 bridgehead atoms. The number of aromatic nitrogens is 1. The lowest BCUT2D eigenvalue weighted by Crippen LogP contribution is -2.26. The number of hydrogen-bond acceptors (Lipinski definition) is 1. The van der Waals surface area contributed by atoms with E-state index in [1.165, 1.54) is 38.8 Å². The van der Waals surface area contributed by atoms with Crippen molar-refractivity contribution in [2.24, 2.45) is 0 Å². The molecule has 0 saturated carbocycles. The molecule has 232 valence electrons. The van der Waals surface area contributed by atoms with E-state index >= 15 is 0 Å². The molecule has 1 heterocycles. The first-order valence-electron chi connectivity index (χ1n) is 16.7. The van der Waals surface area contributed by atoms with Gasteiger partial charge in [-0.2, -0.15) is 0 Å². The molecule has 2 nitrogen and oxygen atoms in total. The Kier molecular flexibility index (Phi) is 7.22. The van der Waals surface area contributed by atoms with Gasteiger partial charge in [-0.05, 0) is 82.8 Å². The maximum Gasteiger partial charge on any atom is 0.0782 e. The van der Waals surface area contributed by atoms with Gasteiger partial charge in [-0.15, -0.1) is 0 Å². The van der Waals surface area contributed by atoms with Crippen LogP contribution in [0, 0.1) is 0 Å². The maximum absolute atomic E-state index is 4.65. The van der Waals surface area contributed by atoms with E-state index in [4.69, 9.17) is 0 Å². The quantitative estimate of drug-likeness (QED) is 0.180. The molecule has 0 aliphatic heterocycles. The highest BCUT2D eigenvalue weighted by Gasteiger charge is 2.36. The summed E-state index contributed by atoms with van der Waals surface area (Å²) in [4.78, 5) is 2.43. The lowest BCUT2D eigenvalue weighted by molar-refractivity contribution is 0.660. The third-order valence-corrected chi connectivity index (χ3v) is 9.88. The molecule has 48 heavy (non-hydrogen) atoms. The van der Waals surface area contributed by atoms with E-state index in [2.05, 4.69) is 201 Å². The monoisotopic (exact) mass is 618 g/mol. The van der Waals surface area contributed by atoms with Gasteiger partial charge in [0.05, 0.1) is 11.2 Å². The largest absolute Gasteiger partial charge is 0.308 e. The van der Waals surface area contributed by atoms with Gasteiger partial charge in [0, 0.05) is 38.4 Å². The zero-order valence-corrected chi connectivity index (χ0v) is 27.7. The fraction of sp³-hybridized carbons (Fsp3) is 0.0870. The molecule has 6 aromatic carbocycles. The smallest absolute Gasteiger partial charge is 0.0782 e. The van der Waals surface area contributed by atoms with Crippen molar-refractivity contribution in [3.8, 4) is 27.9 Å². The summed E-state index contributed by atoms with van der Waals surface area (Å²) in [6.07, 6.45) is 6.35. The Morgan fingerprint density at radius 1 is 0.625 bits per heavy atom. The van der Waals surface area contributed by atoms with Crippen LogP contribution in [0.25, 0.3) is 51.5 Å². The Morgan fingerprint density at radius 2 is 1.27 bits per heavy atom. The van der Waals surface area contributed by atoms with Gasteiger partial charge in [-0.3, -0.25) is 0 Å². The van der Waals surface area contributed by atoms with Crippen molar-refractivity contribution < 1.29 is 0 Å². The molecule has 1 aliphatic carbocycles. The molecule has 0 saturated heterocycles. The highest BCUT2D eigenvalue weighted by atomic mass is 15.2. The first-order valence-corrected chi connectivity index (χ1v) is 16.7. The van der Waals surface area contributed by atoms with E-state index in [-0.39, 0.29) is 5.41 Å². The first-order chi connectivity index (χ1) is 23.5. The highest BCUT2D eigenvalue weighted by molar-refractivity contribution is 5.99. The highest BCUT2D eigenvalue weighted by Crippen LogP contribution is 2.51. The van der Waals surface area contributed by atoms with Crippen LogP contribution in [-0.4, -0.2) is 4.57 Å². The van der Waals surface area contributed by atoms with Crippen LogP contribution in [0.2, 0.25) is 0 Å². The summed E-state index contributed by atoms with van der Waals surface area (Å²) >= 11 is 0. The Labute approximate surface area is 282 Å². The lowest BCUT2D eigenvalue weighted by Gasteiger charge is -2.29. The van der Waals surface area contributed by atoms with Crippen LogP contribution in [0.1, 0.15) is 31.9 Å². The van der Waals surface area contributed by atoms with Gasteiger partial charge in [0.15, 0.2) is 0 Å². The zero-order chi connectivity index (χ0) is 32.8. The molecule has 0 amide bonds. The number of nitrogens with zero attached hydrogens (tertiary/aromatic N) is 2. The second-order valence-electron chi connectivity index (χ2n) is 13.0. The number of allylic oxidation sites excluding steroid dienone is 2. The van der Waals surface area contributed by atoms with Crippen LogP contribution >= 0.6 is 0 Å². The van der Waals surface area contributed by atoms with E-state index in [1.807, 2.05) is 0 Å². The van der Waals surface area contributed by atoms with Crippen molar-refractivity contribution in [3.05, 3.63) is 179 Å². The van der Waals surface area contributed by atoms with Gasteiger partial charge in [0.2, 0.25) is 0 Å². The van der Waals surface area contributed by atoms with Crippen molar-refractivity contribution in [2.45, 2.75) is 26.2 Å². The maximum atomic E-state index is 4.65. The van der Waals surface area contributed by atoms with Crippen molar-refractivity contribution in [1.29, 1.82) is 0 Å². The third kappa shape index (κ3) is 4.72. The van der Waals surface area contributed by atoms with Crippen LogP contribution in [0.5, 0.6) is 0 Å². The summed E-state index contributed by atoms with van der Waals surface area (Å²) in [6.45, 7) is 11.4. The molecule has 0 N–H and O–H groups in total. The second kappa shape index (κ2) is 11.7. The molecule has 0 atom stereocenters. The van der Waals surface area contributed by atoms with Crippen molar-refractivity contribution in [3.63, 3.8) is 0 Å². The zero-order valence-electron chi connectivity index (χ0n) is 27.7. The summed E-state index contributed by atoms with van der Waals surface area (Å²) in [7, 11) is 0. The Balaban J connectivity index is 1.41. The average Bonchev–Trinajstić information content (AvgIpc) is 3.55. The fourth-order valence-electron chi connectivity index (χ4n) is 7.51. The van der Waals surface area contributed by atoms with Gasteiger partial charge in [-0.1, -0.05) is 142 Å². The predicted octanol–water partition coefficient (Wildman–Crippen LogP) is 10.8. The molecule has 1 aromatic heterocycles. The molecule has 1 aliphatic rings. The van der Waals surface area contributed by atoms with Gasteiger partial charge in [-0.25, -0.2) is 0 Å². The number of anilines is 3. The SMILES string of the molecule is C=c1/c(=C\C=C/C)c2cccc(N(c3ccc(-c4ccccc4)cc3)c3ccc4c(c3)C(C)(C)c3ccccc3-4)c2n1-c1ccccc1. The Bertz CT molecular complexity index is 2430. The summed E-state index contributed by atoms with van der Waals surface area (Å²) in [5.74, 6) is 0. The topological polar surface area (TPSA) is 8.17 Å². The molecular formula is C46H38N2. The number of rotatable bonds is 6.